The number of anilines is 1. The number of amides is 5. The van der Waals surface area contributed by atoms with Crippen LogP contribution in [0.15, 0.2) is 66.7 Å². The summed E-state index contributed by atoms with van der Waals surface area (Å²) in [5.74, 6) is -16.9. The summed E-state index contributed by atoms with van der Waals surface area (Å²) in [6.45, 7) is 3.06. The summed E-state index contributed by atoms with van der Waals surface area (Å²) in [4.78, 5) is 89.7. The number of ketones is 1. The highest BCUT2D eigenvalue weighted by Crippen LogP contribution is 2.39. The molecule has 2 atom stereocenters. The molecule has 0 fully saturated rings. The van der Waals surface area contributed by atoms with Crippen molar-refractivity contribution in [3.05, 3.63) is 113 Å². The van der Waals surface area contributed by atoms with Gasteiger partial charge in [0, 0.05) is 40.7 Å². The monoisotopic (exact) mass is 1020 g/mol. The Balaban J connectivity index is 0.913. The average molecular weight is 1020 g/mol. The van der Waals surface area contributed by atoms with E-state index in [-0.39, 0.29) is 77.8 Å². The lowest BCUT2D eigenvalue weighted by atomic mass is 9.87. The molecule has 73 heavy (non-hydrogen) atoms. The van der Waals surface area contributed by atoms with E-state index < -0.39 is 95.1 Å². The zero-order valence-electron chi connectivity index (χ0n) is 39.3. The Labute approximate surface area is 413 Å². The molecule has 5 amide bonds. The van der Waals surface area contributed by atoms with Gasteiger partial charge in [0.1, 0.15) is 24.4 Å². The lowest BCUT2D eigenvalue weighted by Gasteiger charge is -2.25. The van der Waals surface area contributed by atoms with Gasteiger partial charge in [-0.05, 0) is 42.5 Å². The molecule has 0 saturated heterocycles. The van der Waals surface area contributed by atoms with Crippen molar-refractivity contribution in [2.45, 2.75) is 58.2 Å². The summed E-state index contributed by atoms with van der Waals surface area (Å²) in [6.07, 6.45) is -1.17. The number of aromatic nitrogens is 2. The molecule has 19 nitrogen and oxygen atoms in total. The number of carbonyl (C=O) groups is 7. The minimum atomic E-state index is -2.39. The Morgan fingerprint density at radius 3 is 1.95 bits per heavy atom. The van der Waals surface area contributed by atoms with Crippen molar-refractivity contribution in [1.29, 1.82) is 0 Å². The van der Waals surface area contributed by atoms with Crippen LogP contribution in [0.25, 0.3) is 22.2 Å². The van der Waals surface area contributed by atoms with E-state index in [1.165, 1.54) is 0 Å². The Kier molecular flexibility index (Phi) is 19.1. The molecule has 0 spiro atoms. The van der Waals surface area contributed by atoms with Crippen LogP contribution in [0.5, 0.6) is 5.75 Å². The number of esters is 1. The van der Waals surface area contributed by atoms with E-state index in [1.807, 2.05) is 0 Å². The van der Waals surface area contributed by atoms with Crippen molar-refractivity contribution in [3.8, 4) is 17.0 Å². The van der Waals surface area contributed by atoms with Crippen LogP contribution < -0.4 is 31.7 Å². The minimum Gasteiger partial charge on any atom is -0.443 e. The van der Waals surface area contributed by atoms with Crippen LogP contribution in [0, 0.1) is 35.0 Å². The number of nitrogens with one attached hydrogen (secondary N) is 4. The van der Waals surface area contributed by atoms with E-state index in [4.69, 9.17) is 24.7 Å². The number of primary amides is 1. The molecule has 0 bridgehead atoms. The quantitative estimate of drug-likeness (QED) is 0.0117. The van der Waals surface area contributed by atoms with Crippen molar-refractivity contribution in [1.82, 2.24) is 25.7 Å². The predicted octanol–water partition coefficient (Wildman–Crippen LogP) is 5.58. The lowest BCUT2D eigenvalue weighted by Crippen LogP contribution is -2.54. The van der Waals surface area contributed by atoms with Gasteiger partial charge in [-0.15, -0.1) is 0 Å². The van der Waals surface area contributed by atoms with E-state index in [0.717, 1.165) is 4.68 Å². The molecule has 0 radical (unpaired) electrons. The van der Waals surface area contributed by atoms with Crippen molar-refractivity contribution in [2.75, 3.05) is 51.5 Å². The van der Waals surface area contributed by atoms with Gasteiger partial charge in [0.05, 0.1) is 51.6 Å². The number of nitrogens with two attached hydrogens (primary N) is 1. The smallest absolute Gasteiger partial charge is 0.435 e. The van der Waals surface area contributed by atoms with Gasteiger partial charge in [0.2, 0.25) is 52.6 Å². The van der Waals surface area contributed by atoms with Gasteiger partial charge in [-0.3, -0.25) is 24.0 Å². The zero-order chi connectivity index (χ0) is 52.8. The zero-order valence-corrected chi connectivity index (χ0v) is 39.3. The van der Waals surface area contributed by atoms with Crippen LogP contribution in [0.4, 0.5) is 37.2 Å². The van der Waals surface area contributed by atoms with Gasteiger partial charge < -0.3 is 50.7 Å². The minimum absolute atomic E-state index is 0.0179. The highest BCUT2D eigenvalue weighted by molar-refractivity contribution is 6.25. The second-order valence-corrected chi connectivity index (χ2v) is 16.6. The van der Waals surface area contributed by atoms with Gasteiger partial charge in [-0.2, -0.15) is 18.6 Å². The number of rotatable bonds is 25. The Morgan fingerprint density at radius 2 is 1.30 bits per heavy atom. The number of hydrogen-bond donors (Lipinski definition) is 5. The summed E-state index contributed by atoms with van der Waals surface area (Å²) >= 11 is 0. The van der Waals surface area contributed by atoms with Crippen molar-refractivity contribution < 1.29 is 79.2 Å². The third kappa shape index (κ3) is 14.0. The maximum atomic E-state index is 13.7. The molecule has 5 aromatic rings. The SMILES string of the molecule is CC(C)[C@H](NC(=O)CCOCCOCCOCCC(=O)Oc1c(F)c(F)c(F)c(F)c1F)C(=O)N[C@@H](CCCNC(N)=O)C(=O)Nc1ccc(COC(=O)n2nc3c4c(cccc42)C(=O)c2ccccc2-3)cc1. The molecule has 388 valence electrons. The van der Waals surface area contributed by atoms with Crippen LogP contribution in [0.2, 0.25) is 0 Å². The molecular formula is C49H50F5N7O12. The molecular weight excluding hydrogens is 974 g/mol. The fraction of sp³-hybridized carbons (Fsp3) is 0.347. The first-order chi connectivity index (χ1) is 35.0. The van der Waals surface area contributed by atoms with Gasteiger partial charge >= 0.3 is 18.1 Å². The van der Waals surface area contributed by atoms with E-state index in [0.29, 0.717) is 44.5 Å². The van der Waals surface area contributed by atoms with Crippen LogP contribution >= 0.6 is 0 Å². The highest BCUT2D eigenvalue weighted by Gasteiger charge is 2.32. The number of carbonyl (C=O) groups excluding carboxylic acids is 7. The number of benzene rings is 4. The van der Waals surface area contributed by atoms with Crippen molar-refractivity contribution >= 4 is 58.2 Å². The number of urea groups is 1. The number of halogens is 5. The van der Waals surface area contributed by atoms with Gasteiger partial charge in [-0.25, -0.2) is 22.8 Å². The number of ether oxygens (including phenoxy) is 5. The maximum Gasteiger partial charge on any atom is 0.435 e. The molecule has 0 saturated carbocycles. The third-order valence-electron chi connectivity index (χ3n) is 11.1. The average Bonchev–Trinajstić information content (AvgIpc) is 3.77. The summed E-state index contributed by atoms with van der Waals surface area (Å²) in [5.41, 5.74) is 8.54. The van der Waals surface area contributed by atoms with Crippen LogP contribution in [-0.2, 0) is 44.7 Å². The second-order valence-electron chi connectivity index (χ2n) is 16.6. The Hall–Kier alpha value is -7.83. The fourth-order valence-electron chi connectivity index (χ4n) is 7.37. The fourth-order valence-corrected chi connectivity index (χ4v) is 7.37. The summed E-state index contributed by atoms with van der Waals surface area (Å²) in [6, 6.07) is 15.5. The maximum absolute atomic E-state index is 13.7. The number of hydrogen-bond acceptors (Lipinski definition) is 13. The standard InChI is InChI=1S/C49H50F5N7O12/c1-26(2)42(59-34(62)16-19-69-21-23-71-24-22-70-20-17-35(63)73-45-40(53)38(51)37(50)39(52)41(45)54)47(66)58-32(10-6-18-56-48(55)67)46(65)57-28-14-12-27(13-15-28)25-72-49(68)61-33-11-5-9-31-36(33)43(60-61)29-7-3-4-8-30(29)44(31)64/h3-5,7-9,11-15,26,32,42H,6,10,16-25H2,1-2H3,(H,57,65)(H,58,66)(H,59,62)(H3,55,56,67)/t32-,42-/m0/s1. The first kappa shape index (κ1) is 54.5. The first-order valence-electron chi connectivity index (χ1n) is 22.8. The van der Waals surface area contributed by atoms with Gasteiger partial charge in [-0.1, -0.05) is 62.4 Å². The van der Waals surface area contributed by atoms with Gasteiger partial charge in [0.25, 0.3) is 0 Å². The Morgan fingerprint density at radius 1 is 0.699 bits per heavy atom. The van der Waals surface area contributed by atoms with Crippen LogP contribution in [-0.4, -0.2) is 110 Å². The lowest BCUT2D eigenvalue weighted by molar-refractivity contribution is -0.136. The summed E-state index contributed by atoms with van der Waals surface area (Å²) < 4.78 is 94.1. The van der Waals surface area contributed by atoms with Crippen molar-refractivity contribution in [3.63, 3.8) is 0 Å². The molecule has 0 aliphatic heterocycles. The van der Waals surface area contributed by atoms with Crippen LogP contribution in [0.1, 0.15) is 61.0 Å². The summed E-state index contributed by atoms with van der Waals surface area (Å²) in [5, 5.41) is 15.6. The molecule has 0 unspecified atom stereocenters. The molecule has 24 heteroatoms. The largest absolute Gasteiger partial charge is 0.443 e. The Bertz CT molecular complexity index is 2840. The van der Waals surface area contributed by atoms with E-state index in [2.05, 4.69) is 31.1 Å². The first-order valence-corrected chi connectivity index (χ1v) is 22.8. The van der Waals surface area contributed by atoms with Crippen molar-refractivity contribution in [2.24, 2.45) is 11.7 Å². The van der Waals surface area contributed by atoms with E-state index in [1.54, 1.807) is 80.6 Å². The van der Waals surface area contributed by atoms with Crippen LogP contribution in [0.3, 0.4) is 0 Å². The summed E-state index contributed by atoms with van der Waals surface area (Å²) in [7, 11) is 0. The molecule has 6 N–H and O–H groups in total. The van der Waals surface area contributed by atoms with Gasteiger partial charge in [0.15, 0.2) is 5.78 Å². The molecule has 1 heterocycles. The highest BCUT2D eigenvalue weighted by atomic mass is 19.2. The molecule has 1 aliphatic carbocycles. The second kappa shape index (κ2) is 25.5. The normalized spacial score (nSPS) is 12.5. The van der Waals surface area contributed by atoms with E-state index in [9.17, 15) is 55.5 Å². The number of nitrogens with zero attached hydrogens (tertiary/aromatic N) is 2. The molecule has 1 aromatic heterocycles. The molecule has 1 aliphatic rings. The number of fused-ring (bicyclic) bond motifs is 2. The predicted molar refractivity (Wildman–Crippen MR) is 248 cm³/mol. The molecule has 4 aromatic carbocycles. The molecule has 6 rings (SSSR count). The third-order valence-corrected chi connectivity index (χ3v) is 11.1. The van der Waals surface area contributed by atoms with E-state index >= 15 is 0 Å². The topological polar surface area (TPSA) is 258 Å².